The fraction of sp³-hybridized carbons (Fsp3) is 0.208. The maximum absolute atomic E-state index is 13.3. The zero-order valence-electron chi connectivity index (χ0n) is 17.6. The SMILES string of the molecule is CCOc1ccc(N(C(=O)CCCOc2ccccc2)S(=O)(=O)c2ccc(Cl)cc2)cc1. The normalized spacial score (nSPS) is 11.1. The van der Waals surface area contributed by atoms with Gasteiger partial charge in [0.2, 0.25) is 5.91 Å². The standard InChI is InChI=1S/C24H24ClNO5S/c1-2-30-22-14-12-20(13-15-22)26(32(28,29)23-16-10-19(25)11-17-23)24(27)9-6-18-31-21-7-4-3-5-8-21/h3-5,7-8,10-17H,2,6,9,18H2,1H3. The van der Waals surface area contributed by atoms with Crippen molar-refractivity contribution in [3.8, 4) is 11.5 Å². The van der Waals surface area contributed by atoms with E-state index in [1.807, 2.05) is 37.3 Å². The predicted molar refractivity (Wildman–Crippen MR) is 125 cm³/mol. The van der Waals surface area contributed by atoms with Gasteiger partial charge in [-0.05, 0) is 74.0 Å². The highest BCUT2D eigenvalue weighted by molar-refractivity contribution is 7.93. The van der Waals surface area contributed by atoms with Crippen LogP contribution in [0.4, 0.5) is 5.69 Å². The van der Waals surface area contributed by atoms with Gasteiger partial charge in [0, 0.05) is 11.4 Å². The first-order chi connectivity index (χ1) is 15.4. The van der Waals surface area contributed by atoms with E-state index in [9.17, 15) is 13.2 Å². The molecule has 0 spiro atoms. The van der Waals surface area contributed by atoms with Crippen LogP contribution in [-0.2, 0) is 14.8 Å². The number of hydrogen-bond donors (Lipinski definition) is 0. The zero-order valence-corrected chi connectivity index (χ0v) is 19.2. The Morgan fingerprint density at radius 1 is 0.875 bits per heavy atom. The van der Waals surface area contributed by atoms with E-state index in [2.05, 4.69) is 0 Å². The van der Waals surface area contributed by atoms with Crippen LogP contribution in [-0.4, -0.2) is 27.5 Å². The lowest BCUT2D eigenvalue weighted by Gasteiger charge is -2.23. The summed E-state index contributed by atoms with van der Waals surface area (Å²) in [7, 11) is -4.14. The van der Waals surface area contributed by atoms with Gasteiger partial charge in [-0.3, -0.25) is 4.79 Å². The quantitative estimate of drug-likeness (QED) is 0.372. The van der Waals surface area contributed by atoms with E-state index < -0.39 is 15.9 Å². The number of halogens is 1. The lowest BCUT2D eigenvalue weighted by Crippen LogP contribution is -2.37. The smallest absolute Gasteiger partial charge is 0.270 e. The first kappa shape index (κ1) is 23.6. The van der Waals surface area contributed by atoms with Crippen LogP contribution in [0.5, 0.6) is 11.5 Å². The van der Waals surface area contributed by atoms with Crippen molar-refractivity contribution in [1.29, 1.82) is 0 Å². The van der Waals surface area contributed by atoms with E-state index in [0.29, 0.717) is 29.5 Å². The Kier molecular flexibility index (Phi) is 8.14. The Labute approximate surface area is 193 Å². The summed E-state index contributed by atoms with van der Waals surface area (Å²) < 4.78 is 38.6. The average Bonchev–Trinajstić information content (AvgIpc) is 2.79. The van der Waals surface area contributed by atoms with Crippen molar-refractivity contribution in [2.45, 2.75) is 24.7 Å². The lowest BCUT2D eigenvalue weighted by atomic mass is 10.2. The van der Waals surface area contributed by atoms with Gasteiger partial charge in [0.05, 0.1) is 23.8 Å². The molecule has 0 aromatic heterocycles. The Morgan fingerprint density at radius 2 is 1.50 bits per heavy atom. The monoisotopic (exact) mass is 473 g/mol. The maximum Gasteiger partial charge on any atom is 0.270 e. The van der Waals surface area contributed by atoms with Crippen LogP contribution in [0.25, 0.3) is 0 Å². The van der Waals surface area contributed by atoms with Crippen LogP contribution in [0, 0.1) is 0 Å². The first-order valence-electron chi connectivity index (χ1n) is 10.2. The Morgan fingerprint density at radius 3 is 2.12 bits per heavy atom. The second kappa shape index (κ2) is 11.0. The van der Waals surface area contributed by atoms with Gasteiger partial charge in [-0.2, -0.15) is 0 Å². The number of para-hydroxylation sites is 1. The van der Waals surface area contributed by atoms with Crippen LogP contribution in [0.2, 0.25) is 5.02 Å². The molecule has 3 aromatic rings. The summed E-state index contributed by atoms with van der Waals surface area (Å²) in [6.45, 7) is 2.62. The molecular weight excluding hydrogens is 450 g/mol. The van der Waals surface area contributed by atoms with Crippen molar-refractivity contribution in [3.05, 3.63) is 83.9 Å². The summed E-state index contributed by atoms with van der Waals surface area (Å²) in [5, 5.41) is 0.404. The van der Waals surface area contributed by atoms with Gasteiger partial charge in [-0.1, -0.05) is 29.8 Å². The summed E-state index contributed by atoms with van der Waals surface area (Å²) in [6, 6.07) is 21.3. The number of hydrogen-bond acceptors (Lipinski definition) is 5. The molecule has 8 heteroatoms. The fourth-order valence-electron chi connectivity index (χ4n) is 3.00. The van der Waals surface area contributed by atoms with Crippen LogP contribution >= 0.6 is 11.6 Å². The summed E-state index contributed by atoms with van der Waals surface area (Å²) in [5.41, 5.74) is 0.234. The van der Waals surface area contributed by atoms with E-state index >= 15 is 0 Å². The highest BCUT2D eigenvalue weighted by atomic mass is 35.5. The third-order valence-corrected chi connectivity index (χ3v) is 6.52. The molecule has 0 saturated carbocycles. The van der Waals surface area contributed by atoms with Gasteiger partial charge in [0.25, 0.3) is 10.0 Å². The number of amides is 1. The molecule has 0 aliphatic heterocycles. The topological polar surface area (TPSA) is 72.9 Å². The number of carbonyl (C=O) groups excluding carboxylic acids is 1. The van der Waals surface area contributed by atoms with E-state index in [4.69, 9.17) is 21.1 Å². The molecule has 0 heterocycles. The van der Waals surface area contributed by atoms with Gasteiger partial charge >= 0.3 is 0 Å². The van der Waals surface area contributed by atoms with Gasteiger partial charge < -0.3 is 9.47 Å². The molecule has 3 rings (SSSR count). The molecule has 0 atom stereocenters. The molecule has 168 valence electrons. The second-order valence-electron chi connectivity index (χ2n) is 6.81. The van der Waals surface area contributed by atoms with Crippen molar-refractivity contribution in [2.24, 2.45) is 0 Å². The molecule has 1 amide bonds. The highest BCUT2D eigenvalue weighted by Gasteiger charge is 2.30. The molecule has 0 saturated heterocycles. The van der Waals surface area contributed by atoms with Crippen molar-refractivity contribution in [1.82, 2.24) is 0 Å². The number of nitrogens with zero attached hydrogens (tertiary/aromatic N) is 1. The van der Waals surface area contributed by atoms with Gasteiger partial charge in [0.15, 0.2) is 0 Å². The Balaban J connectivity index is 1.80. The predicted octanol–water partition coefficient (Wildman–Crippen LogP) is 5.32. The van der Waals surface area contributed by atoms with Gasteiger partial charge in [0.1, 0.15) is 11.5 Å². The molecule has 32 heavy (non-hydrogen) atoms. The molecule has 0 radical (unpaired) electrons. The van der Waals surface area contributed by atoms with Crippen molar-refractivity contribution < 1.29 is 22.7 Å². The molecule has 0 aliphatic rings. The number of ether oxygens (including phenoxy) is 2. The molecule has 0 fully saturated rings. The molecular formula is C24H24ClNO5S. The van der Waals surface area contributed by atoms with Gasteiger partial charge in [-0.25, -0.2) is 12.7 Å². The summed E-state index contributed by atoms with van der Waals surface area (Å²) in [5.74, 6) is 0.724. The third-order valence-electron chi connectivity index (χ3n) is 4.51. The molecule has 0 N–H and O–H groups in total. The van der Waals surface area contributed by atoms with E-state index in [1.54, 1.807) is 24.3 Å². The van der Waals surface area contributed by atoms with E-state index in [-0.39, 0.29) is 23.6 Å². The fourth-order valence-corrected chi connectivity index (χ4v) is 4.58. The lowest BCUT2D eigenvalue weighted by molar-refractivity contribution is -0.117. The second-order valence-corrected chi connectivity index (χ2v) is 9.03. The number of sulfonamides is 1. The molecule has 3 aromatic carbocycles. The number of anilines is 1. The largest absolute Gasteiger partial charge is 0.494 e. The number of benzene rings is 3. The molecule has 0 aliphatic carbocycles. The van der Waals surface area contributed by atoms with Crippen LogP contribution < -0.4 is 13.8 Å². The van der Waals surface area contributed by atoms with Crippen LogP contribution in [0.1, 0.15) is 19.8 Å². The maximum atomic E-state index is 13.3. The molecule has 0 unspecified atom stereocenters. The zero-order chi connectivity index (χ0) is 23.0. The molecule has 6 nitrogen and oxygen atoms in total. The van der Waals surface area contributed by atoms with Crippen LogP contribution in [0.3, 0.4) is 0 Å². The molecule has 0 bridgehead atoms. The van der Waals surface area contributed by atoms with E-state index in [1.165, 1.54) is 24.3 Å². The number of carbonyl (C=O) groups is 1. The van der Waals surface area contributed by atoms with Crippen molar-refractivity contribution in [2.75, 3.05) is 17.5 Å². The van der Waals surface area contributed by atoms with Crippen molar-refractivity contribution in [3.63, 3.8) is 0 Å². The minimum absolute atomic E-state index is 0.00708. The number of rotatable bonds is 10. The minimum atomic E-state index is -4.14. The minimum Gasteiger partial charge on any atom is -0.494 e. The van der Waals surface area contributed by atoms with Crippen molar-refractivity contribution >= 4 is 33.2 Å². The van der Waals surface area contributed by atoms with Crippen LogP contribution in [0.15, 0.2) is 83.8 Å². The summed E-state index contributed by atoms with van der Waals surface area (Å²) in [4.78, 5) is 13.1. The Hall–Kier alpha value is -3.03. The third kappa shape index (κ3) is 6.02. The Bertz CT molecular complexity index is 1120. The summed E-state index contributed by atoms with van der Waals surface area (Å²) in [6.07, 6.45) is 0.351. The van der Waals surface area contributed by atoms with Gasteiger partial charge in [-0.15, -0.1) is 0 Å². The highest BCUT2D eigenvalue weighted by Crippen LogP contribution is 2.28. The first-order valence-corrected chi connectivity index (χ1v) is 12.0. The van der Waals surface area contributed by atoms with E-state index in [0.717, 1.165) is 4.31 Å². The average molecular weight is 474 g/mol. The summed E-state index contributed by atoms with van der Waals surface area (Å²) >= 11 is 5.90.